The van der Waals surface area contributed by atoms with Crippen LogP contribution in [0.15, 0.2) is 42.5 Å². The third-order valence-electron chi connectivity index (χ3n) is 3.43. The molecule has 1 atom stereocenters. The number of ether oxygens (including phenoxy) is 2. The van der Waals surface area contributed by atoms with Crippen LogP contribution in [0.2, 0.25) is 0 Å². The first-order valence-electron chi connectivity index (χ1n) is 6.85. The second-order valence-electron chi connectivity index (χ2n) is 4.90. The van der Waals surface area contributed by atoms with Crippen LogP contribution in [0, 0.1) is 0 Å². The Bertz CT molecular complexity index is 669. The lowest BCUT2D eigenvalue weighted by molar-refractivity contribution is -0.137. The molecule has 5 heteroatoms. The Morgan fingerprint density at radius 3 is 2.41 bits per heavy atom. The average Bonchev–Trinajstić information content (AvgIpc) is 2.53. The van der Waals surface area contributed by atoms with Crippen LogP contribution in [-0.2, 0) is 4.79 Å². The third-order valence-corrected chi connectivity index (χ3v) is 3.43. The number of carboxylic acids is 1. The Balaban J connectivity index is 2.35. The minimum absolute atomic E-state index is 0.102. The molecule has 0 saturated carbocycles. The number of hydrogen-bond acceptors (Lipinski definition) is 4. The summed E-state index contributed by atoms with van der Waals surface area (Å²) in [6, 6.07) is 12.6. The number of carbonyl (C=O) groups is 1. The van der Waals surface area contributed by atoms with Gasteiger partial charge in [-0.3, -0.25) is 4.79 Å². The van der Waals surface area contributed by atoms with Gasteiger partial charge in [-0.2, -0.15) is 0 Å². The van der Waals surface area contributed by atoms with Crippen molar-refractivity contribution in [2.45, 2.75) is 12.5 Å². The maximum atomic E-state index is 10.8. The molecule has 0 bridgehead atoms. The van der Waals surface area contributed by atoms with Gasteiger partial charge in [-0.25, -0.2) is 0 Å². The van der Waals surface area contributed by atoms with Gasteiger partial charge < -0.3 is 20.3 Å². The summed E-state index contributed by atoms with van der Waals surface area (Å²) in [6.07, 6.45) is -0.102. The van der Waals surface area contributed by atoms with E-state index in [1.54, 1.807) is 14.2 Å². The van der Waals surface area contributed by atoms with Crippen LogP contribution in [0.25, 0.3) is 11.1 Å². The molecule has 0 aliphatic carbocycles. The summed E-state index contributed by atoms with van der Waals surface area (Å²) in [5.74, 6) is 0.384. The maximum Gasteiger partial charge on any atom is 0.305 e. The summed E-state index contributed by atoms with van der Waals surface area (Å²) >= 11 is 0. The number of hydrogen-bond donors (Lipinski definition) is 2. The molecule has 0 unspecified atom stereocenters. The van der Waals surface area contributed by atoms with E-state index in [2.05, 4.69) is 0 Å². The lowest BCUT2D eigenvalue weighted by atomic mass is 9.98. The van der Waals surface area contributed by atoms with E-state index in [9.17, 15) is 4.79 Å². The molecule has 0 aliphatic rings. The summed E-state index contributed by atoms with van der Waals surface area (Å²) in [4.78, 5) is 10.8. The van der Waals surface area contributed by atoms with E-state index in [1.165, 1.54) is 0 Å². The van der Waals surface area contributed by atoms with E-state index in [0.29, 0.717) is 11.5 Å². The predicted octanol–water partition coefficient (Wildman–Crippen LogP) is 2.85. The van der Waals surface area contributed by atoms with E-state index in [4.69, 9.17) is 20.3 Å². The molecule has 0 amide bonds. The zero-order chi connectivity index (χ0) is 16.1. The largest absolute Gasteiger partial charge is 0.493 e. The van der Waals surface area contributed by atoms with Crippen molar-refractivity contribution in [1.29, 1.82) is 0 Å². The number of aliphatic carboxylic acids is 1. The Morgan fingerprint density at radius 1 is 1.09 bits per heavy atom. The quantitative estimate of drug-likeness (QED) is 0.857. The standard InChI is InChI=1S/C17H19NO4/c1-21-15-7-6-12(9-16(15)22-2)11-4-3-5-13(8-11)14(18)10-17(19)20/h3-9,14H,10,18H2,1-2H3,(H,19,20)/t14-/m0/s1. The molecule has 3 N–H and O–H groups in total. The molecule has 0 heterocycles. The summed E-state index contributed by atoms with van der Waals surface area (Å²) in [6.45, 7) is 0. The first-order chi connectivity index (χ1) is 10.5. The second-order valence-corrected chi connectivity index (χ2v) is 4.90. The summed E-state index contributed by atoms with van der Waals surface area (Å²) in [7, 11) is 3.17. The van der Waals surface area contributed by atoms with Gasteiger partial charge in [0.15, 0.2) is 11.5 Å². The number of nitrogens with two attached hydrogens (primary N) is 1. The van der Waals surface area contributed by atoms with Crippen molar-refractivity contribution in [2.75, 3.05) is 14.2 Å². The van der Waals surface area contributed by atoms with Crippen LogP contribution in [0.4, 0.5) is 0 Å². The van der Waals surface area contributed by atoms with E-state index in [1.807, 2.05) is 42.5 Å². The van der Waals surface area contributed by atoms with Gasteiger partial charge >= 0.3 is 5.97 Å². The van der Waals surface area contributed by atoms with Crippen molar-refractivity contribution in [3.63, 3.8) is 0 Å². The van der Waals surface area contributed by atoms with Crippen molar-refractivity contribution >= 4 is 5.97 Å². The molecule has 2 rings (SSSR count). The molecule has 0 spiro atoms. The van der Waals surface area contributed by atoms with Gasteiger partial charge in [-0.15, -0.1) is 0 Å². The predicted molar refractivity (Wildman–Crippen MR) is 84.2 cm³/mol. The lowest BCUT2D eigenvalue weighted by Crippen LogP contribution is -2.14. The summed E-state index contributed by atoms with van der Waals surface area (Å²) in [5.41, 5.74) is 8.60. The molecule has 2 aromatic carbocycles. The van der Waals surface area contributed by atoms with Crippen molar-refractivity contribution in [1.82, 2.24) is 0 Å². The molecule has 0 saturated heterocycles. The monoisotopic (exact) mass is 301 g/mol. The fourth-order valence-corrected chi connectivity index (χ4v) is 2.27. The van der Waals surface area contributed by atoms with E-state index >= 15 is 0 Å². The highest BCUT2D eigenvalue weighted by Gasteiger charge is 2.12. The van der Waals surface area contributed by atoms with Gasteiger partial charge in [0.1, 0.15) is 0 Å². The number of rotatable bonds is 6. The number of carboxylic acid groups (broad SMARTS) is 1. The Kier molecular flexibility index (Phi) is 5.01. The number of methoxy groups -OCH3 is 2. The molecule has 116 valence electrons. The van der Waals surface area contributed by atoms with Crippen molar-refractivity contribution in [3.05, 3.63) is 48.0 Å². The fraction of sp³-hybridized carbons (Fsp3) is 0.235. The van der Waals surface area contributed by atoms with E-state index in [-0.39, 0.29) is 6.42 Å². The fourth-order valence-electron chi connectivity index (χ4n) is 2.27. The molecule has 22 heavy (non-hydrogen) atoms. The number of benzene rings is 2. The van der Waals surface area contributed by atoms with Crippen LogP contribution >= 0.6 is 0 Å². The zero-order valence-electron chi connectivity index (χ0n) is 12.6. The molecule has 0 fully saturated rings. The van der Waals surface area contributed by atoms with Gasteiger partial charge in [0.2, 0.25) is 0 Å². The Morgan fingerprint density at radius 2 is 1.77 bits per heavy atom. The van der Waals surface area contributed by atoms with Gasteiger partial charge in [0.25, 0.3) is 0 Å². The van der Waals surface area contributed by atoms with Crippen molar-refractivity contribution in [3.8, 4) is 22.6 Å². The summed E-state index contributed by atoms with van der Waals surface area (Å²) < 4.78 is 10.5. The Hall–Kier alpha value is -2.53. The Labute approximate surface area is 129 Å². The normalized spacial score (nSPS) is 11.8. The van der Waals surface area contributed by atoms with Crippen molar-refractivity contribution < 1.29 is 19.4 Å². The highest BCUT2D eigenvalue weighted by Crippen LogP contribution is 2.33. The molecule has 5 nitrogen and oxygen atoms in total. The molecule has 2 aromatic rings. The highest BCUT2D eigenvalue weighted by atomic mass is 16.5. The minimum Gasteiger partial charge on any atom is -0.493 e. The smallest absolute Gasteiger partial charge is 0.305 e. The maximum absolute atomic E-state index is 10.8. The van der Waals surface area contributed by atoms with Gasteiger partial charge in [-0.1, -0.05) is 24.3 Å². The molecular weight excluding hydrogens is 282 g/mol. The van der Waals surface area contributed by atoms with Crippen LogP contribution in [0.3, 0.4) is 0 Å². The SMILES string of the molecule is COc1ccc(-c2cccc([C@@H](N)CC(=O)O)c2)cc1OC. The van der Waals surface area contributed by atoms with E-state index in [0.717, 1.165) is 16.7 Å². The van der Waals surface area contributed by atoms with Crippen LogP contribution in [0.1, 0.15) is 18.0 Å². The molecule has 0 radical (unpaired) electrons. The molecular formula is C17H19NO4. The van der Waals surface area contributed by atoms with Crippen molar-refractivity contribution in [2.24, 2.45) is 5.73 Å². The molecule has 0 aromatic heterocycles. The van der Waals surface area contributed by atoms with Crippen LogP contribution in [0.5, 0.6) is 11.5 Å². The lowest BCUT2D eigenvalue weighted by Gasteiger charge is -2.13. The van der Waals surface area contributed by atoms with Crippen LogP contribution < -0.4 is 15.2 Å². The average molecular weight is 301 g/mol. The third kappa shape index (κ3) is 3.56. The topological polar surface area (TPSA) is 81.8 Å². The van der Waals surface area contributed by atoms with Gasteiger partial charge in [-0.05, 0) is 34.9 Å². The zero-order valence-corrected chi connectivity index (χ0v) is 12.6. The second kappa shape index (κ2) is 6.95. The van der Waals surface area contributed by atoms with E-state index < -0.39 is 12.0 Å². The van der Waals surface area contributed by atoms with Gasteiger partial charge in [0, 0.05) is 6.04 Å². The molecule has 0 aliphatic heterocycles. The highest BCUT2D eigenvalue weighted by molar-refractivity contribution is 5.70. The first kappa shape index (κ1) is 15.9. The van der Waals surface area contributed by atoms with Crippen LogP contribution in [-0.4, -0.2) is 25.3 Å². The minimum atomic E-state index is -0.913. The van der Waals surface area contributed by atoms with Gasteiger partial charge in [0.05, 0.1) is 20.6 Å². The first-order valence-corrected chi connectivity index (χ1v) is 6.85. The summed E-state index contributed by atoms with van der Waals surface area (Å²) in [5, 5.41) is 8.85.